The van der Waals surface area contributed by atoms with E-state index in [4.69, 9.17) is 11.6 Å². The number of rotatable bonds is 4. The van der Waals surface area contributed by atoms with Gasteiger partial charge in [0.25, 0.3) is 0 Å². The van der Waals surface area contributed by atoms with Crippen LogP contribution in [0.2, 0.25) is 0 Å². The first-order valence-electron chi connectivity index (χ1n) is 5.94. The Morgan fingerprint density at radius 2 is 1.83 bits per heavy atom. The van der Waals surface area contributed by atoms with Crippen LogP contribution in [0, 0.1) is 0 Å². The monoisotopic (exact) mass is 261 g/mol. The number of aromatic nitrogens is 2. The molecule has 1 aromatic heterocycles. The van der Waals surface area contributed by atoms with Crippen molar-refractivity contribution in [2.24, 2.45) is 0 Å². The molecule has 2 aromatic rings. The molecule has 0 spiro atoms. The SMILES string of the molecule is CCc1ccc(N(C)c2cnc(CCl)cn2)cc1. The molecule has 1 aromatic carbocycles. The fraction of sp³-hybridized carbons (Fsp3) is 0.286. The van der Waals surface area contributed by atoms with E-state index in [9.17, 15) is 0 Å². The zero-order valence-electron chi connectivity index (χ0n) is 10.6. The molecule has 2 rings (SSSR count). The number of hydrogen-bond acceptors (Lipinski definition) is 3. The van der Waals surface area contributed by atoms with E-state index in [-0.39, 0.29) is 0 Å². The maximum absolute atomic E-state index is 5.69. The molecule has 0 atom stereocenters. The van der Waals surface area contributed by atoms with Gasteiger partial charge in [0.2, 0.25) is 0 Å². The zero-order chi connectivity index (χ0) is 13.0. The van der Waals surface area contributed by atoms with E-state index >= 15 is 0 Å². The minimum absolute atomic E-state index is 0.391. The van der Waals surface area contributed by atoms with Gasteiger partial charge in [-0.15, -0.1) is 11.6 Å². The van der Waals surface area contributed by atoms with Crippen LogP contribution in [0.5, 0.6) is 0 Å². The van der Waals surface area contributed by atoms with Gasteiger partial charge in [0.1, 0.15) is 0 Å². The summed E-state index contributed by atoms with van der Waals surface area (Å²) >= 11 is 5.69. The predicted octanol–water partition coefficient (Wildman–Crippen LogP) is 3.55. The molecular formula is C14H16ClN3. The van der Waals surface area contributed by atoms with Crippen molar-refractivity contribution in [3.8, 4) is 0 Å². The number of anilines is 2. The van der Waals surface area contributed by atoms with E-state index in [0.29, 0.717) is 5.88 Å². The molecule has 0 bridgehead atoms. The van der Waals surface area contributed by atoms with Crippen molar-refractivity contribution in [3.63, 3.8) is 0 Å². The highest BCUT2D eigenvalue weighted by molar-refractivity contribution is 6.16. The summed E-state index contributed by atoms with van der Waals surface area (Å²) in [4.78, 5) is 10.6. The third-order valence-electron chi connectivity index (χ3n) is 2.90. The largest absolute Gasteiger partial charge is 0.328 e. The van der Waals surface area contributed by atoms with E-state index in [1.807, 2.05) is 11.9 Å². The summed E-state index contributed by atoms with van der Waals surface area (Å²) in [5.74, 6) is 1.20. The van der Waals surface area contributed by atoms with E-state index in [2.05, 4.69) is 41.2 Å². The Bertz CT molecular complexity index is 446. The van der Waals surface area contributed by atoms with Crippen LogP contribution in [-0.2, 0) is 12.3 Å². The molecule has 0 amide bonds. The molecule has 0 fully saturated rings. The van der Waals surface area contributed by atoms with Gasteiger partial charge in [-0.3, -0.25) is 4.98 Å². The summed E-state index contributed by atoms with van der Waals surface area (Å²) in [6, 6.07) is 8.45. The van der Waals surface area contributed by atoms with Gasteiger partial charge in [-0.1, -0.05) is 19.1 Å². The van der Waals surface area contributed by atoms with Gasteiger partial charge in [-0.2, -0.15) is 0 Å². The first-order chi connectivity index (χ1) is 8.74. The third kappa shape index (κ3) is 2.79. The highest BCUT2D eigenvalue weighted by Gasteiger charge is 2.05. The molecule has 0 aliphatic carbocycles. The van der Waals surface area contributed by atoms with Crippen molar-refractivity contribution in [1.82, 2.24) is 9.97 Å². The van der Waals surface area contributed by atoms with Crippen LogP contribution in [0.15, 0.2) is 36.7 Å². The van der Waals surface area contributed by atoms with E-state index < -0.39 is 0 Å². The van der Waals surface area contributed by atoms with Crippen LogP contribution in [0.1, 0.15) is 18.2 Å². The van der Waals surface area contributed by atoms with Gasteiger partial charge in [-0.05, 0) is 24.1 Å². The fourth-order valence-corrected chi connectivity index (χ4v) is 1.82. The molecule has 4 heteroatoms. The predicted molar refractivity (Wildman–Crippen MR) is 75.5 cm³/mol. The maximum Gasteiger partial charge on any atom is 0.151 e. The number of benzene rings is 1. The average Bonchev–Trinajstić information content (AvgIpc) is 2.47. The summed E-state index contributed by atoms with van der Waals surface area (Å²) in [6.45, 7) is 2.15. The highest BCUT2D eigenvalue weighted by Crippen LogP contribution is 2.21. The minimum Gasteiger partial charge on any atom is -0.328 e. The van der Waals surface area contributed by atoms with Crippen LogP contribution < -0.4 is 4.90 Å². The molecule has 0 saturated heterocycles. The van der Waals surface area contributed by atoms with Crippen LogP contribution >= 0.6 is 11.6 Å². The van der Waals surface area contributed by atoms with E-state index in [1.165, 1.54) is 5.56 Å². The van der Waals surface area contributed by atoms with Gasteiger partial charge < -0.3 is 4.90 Å². The van der Waals surface area contributed by atoms with Gasteiger partial charge >= 0.3 is 0 Å². The number of alkyl halides is 1. The molecule has 3 nitrogen and oxygen atoms in total. The molecule has 94 valence electrons. The summed E-state index contributed by atoms with van der Waals surface area (Å²) in [6.07, 6.45) is 4.50. The lowest BCUT2D eigenvalue weighted by Gasteiger charge is -2.18. The average molecular weight is 262 g/mol. The Hall–Kier alpha value is -1.61. The van der Waals surface area contributed by atoms with Crippen LogP contribution in [0.4, 0.5) is 11.5 Å². The second-order valence-electron chi connectivity index (χ2n) is 4.08. The van der Waals surface area contributed by atoms with Gasteiger partial charge in [0.15, 0.2) is 5.82 Å². The van der Waals surface area contributed by atoms with E-state index in [1.54, 1.807) is 12.4 Å². The number of halogens is 1. The Kier molecular flexibility index (Phi) is 4.15. The van der Waals surface area contributed by atoms with Crippen molar-refractivity contribution in [1.29, 1.82) is 0 Å². The fourth-order valence-electron chi connectivity index (χ4n) is 1.68. The Morgan fingerprint density at radius 3 is 2.33 bits per heavy atom. The van der Waals surface area contributed by atoms with Crippen LogP contribution in [0.25, 0.3) is 0 Å². The van der Waals surface area contributed by atoms with Gasteiger partial charge in [0, 0.05) is 12.7 Å². The first kappa shape index (κ1) is 12.8. The topological polar surface area (TPSA) is 29.0 Å². The van der Waals surface area contributed by atoms with Gasteiger partial charge in [-0.25, -0.2) is 4.98 Å². The molecular weight excluding hydrogens is 246 g/mol. The Balaban J connectivity index is 2.20. The zero-order valence-corrected chi connectivity index (χ0v) is 11.4. The van der Waals surface area contributed by atoms with Crippen molar-refractivity contribution in [2.75, 3.05) is 11.9 Å². The van der Waals surface area contributed by atoms with Crippen LogP contribution in [0.3, 0.4) is 0 Å². The molecule has 0 aliphatic heterocycles. The molecule has 18 heavy (non-hydrogen) atoms. The van der Waals surface area contributed by atoms with Crippen LogP contribution in [-0.4, -0.2) is 17.0 Å². The number of aryl methyl sites for hydroxylation is 1. The molecule has 1 heterocycles. The standard InChI is InChI=1S/C14H16ClN3/c1-3-11-4-6-13(7-5-11)18(2)14-10-16-12(8-15)9-17-14/h4-7,9-10H,3,8H2,1-2H3. The second kappa shape index (κ2) is 5.83. The Labute approximate surface area is 112 Å². The molecule has 0 saturated carbocycles. The summed E-state index contributed by atoms with van der Waals surface area (Å²) in [5, 5.41) is 0. The summed E-state index contributed by atoms with van der Waals surface area (Å²) in [7, 11) is 1.98. The lowest BCUT2D eigenvalue weighted by Crippen LogP contribution is -2.11. The summed E-state index contributed by atoms with van der Waals surface area (Å²) in [5.41, 5.74) is 3.21. The normalized spacial score (nSPS) is 10.4. The van der Waals surface area contributed by atoms with Crippen molar-refractivity contribution < 1.29 is 0 Å². The molecule has 0 N–H and O–H groups in total. The minimum atomic E-state index is 0.391. The highest BCUT2D eigenvalue weighted by atomic mass is 35.5. The maximum atomic E-state index is 5.69. The lowest BCUT2D eigenvalue weighted by molar-refractivity contribution is 1.04. The van der Waals surface area contributed by atoms with Gasteiger partial charge in [0.05, 0.1) is 24.0 Å². The Morgan fingerprint density at radius 1 is 1.11 bits per heavy atom. The second-order valence-corrected chi connectivity index (χ2v) is 4.35. The van der Waals surface area contributed by atoms with Crippen molar-refractivity contribution in [2.45, 2.75) is 19.2 Å². The summed E-state index contributed by atoms with van der Waals surface area (Å²) < 4.78 is 0. The molecule has 0 radical (unpaired) electrons. The smallest absolute Gasteiger partial charge is 0.151 e. The van der Waals surface area contributed by atoms with Crippen molar-refractivity contribution >= 4 is 23.1 Å². The van der Waals surface area contributed by atoms with Crippen molar-refractivity contribution in [3.05, 3.63) is 47.9 Å². The molecule has 0 aliphatic rings. The third-order valence-corrected chi connectivity index (χ3v) is 3.18. The number of nitrogens with zero attached hydrogens (tertiary/aromatic N) is 3. The quantitative estimate of drug-likeness (QED) is 0.789. The lowest BCUT2D eigenvalue weighted by atomic mass is 10.1. The molecule has 0 unspecified atom stereocenters. The first-order valence-corrected chi connectivity index (χ1v) is 6.47. The number of hydrogen-bond donors (Lipinski definition) is 0. The van der Waals surface area contributed by atoms with E-state index in [0.717, 1.165) is 23.6 Å².